The molecule has 0 aliphatic heterocycles. The Morgan fingerprint density at radius 2 is 1.81 bits per heavy atom. The Kier molecular flexibility index (Phi) is 7.08. The third kappa shape index (κ3) is 5.28. The standard InChI is InChI=1S/C29H22BrClN4O2/c1-18-14-21(6-8-25(18)30)29(36)33-22-4-3-5-23(16-22)35-17-24(19-10-12-32-13-11-19)28(34-35)20-7-9-26(31)27(15-20)37-2/h3-17H,1-2H3,(H,33,36). The number of aromatic nitrogens is 3. The van der Waals surface area contributed by atoms with Crippen LogP contribution >= 0.6 is 27.5 Å². The maximum Gasteiger partial charge on any atom is 0.255 e. The molecular weight excluding hydrogens is 552 g/mol. The van der Waals surface area contributed by atoms with Crippen LogP contribution in [0.3, 0.4) is 0 Å². The first kappa shape index (κ1) is 24.7. The monoisotopic (exact) mass is 572 g/mol. The minimum Gasteiger partial charge on any atom is -0.495 e. The average Bonchev–Trinajstić information content (AvgIpc) is 3.37. The molecule has 5 aromatic rings. The van der Waals surface area contributed by atoms with Gasteiger partial charge in [0.05, 0.1) is 17.8 Å². The van der Waals surface area contributed by atoms with Crippen molar-refractivity contribution in [3.63, 3.8) is 0 Å². The number of pyridine rings is 1. The highest BCUT2D eigenvalue weighted by Crippen LogP contribution is 2.36. The Hall–Kier alpha value is -3.94. The third-order valence-corrected chi connectivity index (χ3v) is 7.12. The SMILES string of the molecule is COc1cc(-c2nn(-c3cccc(NC(=O)c4ccc(Br)c(C)c4)c3)cc2-c2ccncc2)ccc1Cl. The molecule has 0 radical (unpaired) electrons. The Morgan fingerprint density at radius 1 is 1.00 bits per heavy atom. The number of halogens is 2. The minimum atomic E-state index is -0.181. The number of nitrogens with zero attached hydrogens (tertiary/aromatic N) is 3. The fraction of sp³-hybridized carbons (Fsp3) is 0.0690. The smallest absolute Gasteiger partial charge is 0.255 e. The van der Waals surface area contributed by atoms with Crippen LogP contribution in [0.2, 0.25) is 5.02 Å². The number of rotatable bonds is 6. The van der Waals surface area contributed by atoms with E-state index in [1.165, 1.54) is 0 Å². The fourth-order valence-electron chi connectivity index (χ4n) is 3.98. The summed E-state index contributed by atoms with van der Waals surface area (Å²) in [4.78, 5) is 17.0. The van der Waals surface area contributed by atoms with E-state index in [1.807, 2.05) is 73.8 Å². The molecule has 0 saturated carbocycles. The summed E-state index contributed by atoms with van der Waals surface area (Å²) in [7, 11) is 1.59. The lowest BCUT2D eigenvalue weighted by Gasteiger charge is -2.09. The predicted octanol–water partition coefficient (Wildman–Crippen LogP) is 7.59. The quantitative estimate of drug-likeness (QED) is 0.227. The maximum absolute atomic E-state index is 12.9. The first-order valence-corrected chi connectivity index (χ1v) is 12.6. The second kappa shape index (κ2) is 10.6. The lowest BCUT2D eigenvalue weighted by molar-refractivity contribution is 0.102. The van der Waals surface area contributed by atoms with Crippen LogP contribution in [-0.2, 0) is 0 Å². The molecule has 1 N–H and O–H groups in total. The van der Waals surface area contributed by atoms with E-state index in [2.05, 4.69) is 26.2 Å². The van der Waals surface area contributed by atoms with Crippen molar-refractivity contribution in [3.05, 3.63) is 112 Å². The van der Waals surface area contributed by atoms with Gasteiger partial charge in [0.2, 0.25) is 0 Å². The number of benzene rings is 3. The normalized spacial score (nSPS) is 10.8. The molecule has 2 heterocycles. The topological polar surface area (TPSA) is 69.0 Å². The molecule has 0 saturated heterocycles. The van der Waals surface area contributed by atoms with Crippen molar-refractivity contribution in [2.45, 2.75) is 6.92 Å². The van der Waals surface area contributed by atoms with E-state index >= 15 is 0 Å². The Bertz CT molecular complexity index is 1600. The molecule has 5 rings (SSSR count). The highest BCUT2D eigenvalue weighted by atomic mass is 79.9. The van der Waals surface area contributed by atoms with E-state index in [-0.39, 0.29) is 5.91 Å². The van der Waals surface area contributed by atoms with Gasteiger partial charge < -0.3 is 10.1 Å². The van der Waals surface area contributed by atoms with E-state index in [0.717, 1.165) is 38.1 Å². The fourth-order valence-corrected chi connectivity index (χ4v) is 4.43. The van der Waals surface area contributed by atoms with Gasteiger partial charge >= 0.3 is 0 Å². The molecule has 0 atom stereocenters. The lowest BCUT2D eigenvalue weighted by Crippen LogP contribution is -2.12. The molecule has 0 aliphatic carbocycles. The molecule has 0 aliphatic rings. The van der Waals surface area contributed by atoms with Gasteiger partial charge in [0, 0.05) is 45.4 Å². The number of carbonyl (C=O) groups excluding carboxylic acids is 1. The molecule has 6 nitrogen and oxygen atoms in total. The molecule has 0 fully saturated rings. The van der Waals surface area contributed by atoms with E-state index in [0.29, 0.717) is 22.0 Å². The molecular formula is C29H22BrClN4O2. The molecule has 1 amide bonds. The van der Waals surface area contributed by atoms with E-state index in [9.17, 15) is 4.79 Å². The maximum atomic E-state index is 12.9. The summed E-state index contributed by atoms with van der Waals surface area (Å²) in [5, 5.41) is 8.43. The average molecular weight is 574 g/mol. The number of nitrogens with one attached hydrogen (secondary N) is 1. The molecule has 0 spiro atoms. The van der Waals surface area contributed by atoms with E-state index in [4.69, 9.17) is 21.4 Å². The number of methoxy groups -OCH3 is 1. The summed E-state index contributed by atoms with van der Waals surface area (Å²) in [6.45, 7) is 1.95. The van der Waals surface area contributed by atoms with Crippen LogP contribution in [0.5, 0.6) is 5.75 Å². The second-order valence-electron chi connectivity index (χ2n) is 8.39. The molecule has 3 aromatic carbocycles. The molecule has 184 valence electrons. The van der Waals surface area contributed by atoms with Gasteiger partial charge in [0.1, 0.15) is 11.4 Å². The van der Waals surface area contributed by atoms with Gasteiger partial charge in [-0.25, -0.2) is 4.68 Å². The summed E-state index contributed by atoms with van der Waals surface area (Å²) < 4.78 is 8.19. The first-order chi connectivity index (χ1) is 17.9. The number of hydrogen-bond acceptors (Lipinski definition) is 4. The van der Waals surface area contributed by atoms with Crippen molar-refractivity contribution in [1.82, 2.24) is 14.8 Å². The highest BCUT2D eigenvalue weighted by molar-refractivity contribution is 9.10. The highest BCUT2D eigenvalue weighted by Gasteiger charge is 2.16. The van der Waals surface area contributed by atoms with Gasteiger partial charge in [-0.05, 0) is 78.7 Å². The number of aryl methyl sites for hydroxylation is 1. The minimum absolute atomic E-state index is 0.181. The van der Waals surface area contributed by atoms with Gasteiger partial charge in [0.15, 0.2) is 0 Å². The number of ether oxygens (including phenoxy) is 1. The zero-order valence-electron chi connectivity index (χ0n) is 20.1. The summed E-state index contributed by atoms with van der Waals surface area (Å²) in [6.07, 6.45) is 5.46. The first-order valence-electron chi connectivity index (χ1n) is 11.4. The summed E-state index contributed by atoms with van der Waals surface area (Å²) in [5.74, 6) is 0.391. The van der Waals surface area contributed by atoms with Crippen molar-refractivity contribution < 1.29 is 9.53 Å². The summed E-state index contributed by atoms with van der Waals surface area (Å²) in [6, 6.07) is 22.5. The van der Waals surface area contributed by atoms with Crippen LogP contribution in [0, 0.1) is 6.92 Å². The van der Waals surface area contributed by atoms with E-state index in [1.54, 1.807) is 36.3 Å². The van der Waals surface area contributed by atoms with E-state index < -0.39 is 0 Å². The van der Waals surface area contributed by atoms with Gasteiger partial charge in [-0.15, -0.1) is 0 Å². The van der Waals surface area contributed by atoms with Crippen LogP contribution in [0.25, 0.3) is 28.1 Å². The number of amides is 1. The molecule has 0 bridgehead atoms. The molecule has 8 heteroatoms. The van der Waals surface area contributed by atoms with Gasteiger partial charge in [-0.1, -0.05) is 39.7 Å². The van der Waals surface area contributed by atoms with Crippen LogP contribution in [-0.4, -0.2) is 27.8 Å². The third-order valence-electron chi connectivity index (χ3n) is 5.92. The predicted molar refractivity (Wildman–Crippen MR) is 151 cm³/mol. The molecule has 0 unspecified atom stereocenters. The number of hydrogen-bond donors (Lipinski definition) is 1. The van der Waals surface area contributed by atoms with Gasteiger partial charge in [0.25, 0.3) is 5.91 Å². The molecule has 2 aromatic heterocycles. The van der Waals surface area contributed by atoms with Crippen molar-refractivity contribution in [2.24, 2.45) is 0 Å². The second-order valence-corrected chi connectivity index (χ2v) is 9.65. The van der Waals surface area contributed by atoms with Gasteiger partial charge in [-0.3, -0.25) is 9.78 Å². The Labute approximate surface area is 228 Å². The number of carbonyl (C=O) groups is 1. The number of anilines is 1. The van der Waals surface area contributed by atoms with Crippen molar-refractivity contribution in [1.29, 1.82) is 0 Å². The molecule has 37 heavy (non-hydrogen) atoms. The summed E-state index contributed by atoms with van der Waals surface area (Å²) in [5.41, 5.74) is 6.57. The largest absolute Gasteiger partial charge is 0.495 e. The Balaban J connectivity index is 1.52. The van der Waals surface area contributed by atoms with Crippen LogP contribution < -0.4 is 10.1 Å². The zero-order valence-corrected chi connectivity index (χ0v) is 22.4. The Morgan fingerprint density at radius 3 is 2.57 bits per heavy atom. The van der Waals surface area contributed by atoms with Crippen LogP contribution in [0.15, 0.2) is 95.9 Å². The van der Waals surface area contributed by atoms with Crippen molar-refractivity contribution >= 4 is 39.1 Å². The lowest BCUT2D eigenvalue weighted by atomic mass is 10.0. The van der Waals surface area contributed by atoms with Crippen molar-refractivity contribution in [2.75, 3.05) is 12.4 Å². The summed E-state index contributed by atoms with van der Waals surface area (Å²) >= 11 is 9.74. The van der Waals surface area contributed by atoms with Crippen molar-refractivity contribution in [3.8, 4) is 33.8 Å². The van der Waals surface area contributed by atoms with Crippen LogP contribution in [0.4, 0.5) is 5.69 Å². The van der Waals surface area contributed by atoms with Gasteiger partial charge in [-0.2, -0.15) is 5.10 Å². The van der Waals surface area contributed by atoms with Crippen LogP contribution in [0.1, 0.15) is 15.9 Å². The zero-order chi connectivity index (χ0) is 25.9.